The van der Waals surface area contributed by atoms with Crippen LogP contribution < -0.4 is 5.32 Å². The second-order valence-electron chi connectivity index (χ2n) is 4.28. The molecule has 1 aromatic heterocycles. The molecule has 0 aliphatic heterocycles. The van der Waals surface area contributed by atoms with Crippen LogP contribution >= 0.6 is 0 Å². The molecule has 0 fully saturated rings. The number of hydrogen-bond donors (Lipinski definition) is 1. The predicted octanol–water partition coefficient (Wildman–Crippen LogP) is 3.35. The number of nitrogens with one attached hydrogen (secondary N) is 1. The molecular weight excluding hydrogens is 210 g/mol. The minimum atomic E-state index is 0.974. The minimum Gasteiger partial charge on any atom is -0.463 e. The number of likely N-dealkylation sites (N-methyl/N-ethyl adjacent to an activating group) is 1. The third kappa shape index (κ3) is 1.71. The number of furan rings is 1. The zero-order valence-corrected chi connectivity index (χ0v) is 9.86. The first-order chi connectivity index (χ1) is 8.40. The van der Waals surface area contributed by atoms with Crippen LogP contribution in [0.15, 0.2) is 47.1 Å². The molecule has 0 bridgehead atoms. The highest BCUT2D eigenvalue weighted by molar-refractivity contribution is 6.05. The van der Waals surface area contributed by atoms with Gasteiger partial charge in [0.1, 0.15) is 5.58 Å². The van der Waals surface area contributed by atoms with Crippen LogP contribution in [-0.4, -0.2) is 13.6 Å². The Balaban J connectivity index is 2.20. The van der Waals surface area contributed by atoms with Gasteiger partial charge in [-0.25, -0.2) is 0 Å². The van der Waals surface area contributed by atoms with Crippen LogP contribution in [0.1, 0.15) is 5.56 Å². The number of rotatable bonds is 3. The lowest BCUT2D eigenvalue weighted by molar-refractivity contribution is 0.612. The molecule has 3 aromatic rings. The maximum absolute atomic E-state index is 5.73. The molecule has 0 spiro atoms. The summed E-state index contributed by atoms with van der Waals surface area (Å²) in [5, 5.41) is 6.83. The van der Waals surface area contributed by atoms with Crippen molar-refractivity contribution in [3.05, 3.63) is 48.2 Å². The van der Waals surface area contributed by atoms with Crippen molar-refractivity contribution < 1.29 is 4.42 Å². The van der Waals surface area contributed by atoms with Gasteiger partial charge in [-0.1, -0.05) is 36.4 Å². The van der Waals surface area contributed by atoms with Crippen LogP contribution in [0.4, 0.5) is 0 Å². The average molecular weight is 225 g/mol. The first kappa shape index (κ1) is 10.4. The summed E-state index contributed by atoms with van der Waals surface area (Å²) in [6.07, 6.45) is 2.89. The van der Waals surface area contributed by atoms with E-state index in [1.165, 1.54) is 21.7 Å². The van der Waals surface area contributed by atoms with Crippen molar-refractivity contribution in [3.63, 3.8) is 0 Å². The van der Waals surface area contributed by atoms with E-state index < -0.39 is 0 Å². The molecule has 2 nitrogen and oxygen atoms in total. The van der Waals surface area contributed by atoms with Crippen molar-refractivity contribution in [2.75, 3.05) is 13.6 Å². The molecule has 0 aliphatic rings. The van der Waals surface area contributed by atoms with Crippen molar-refractivity contribution in [3.8, 4) is 0 Å². The summed E-state index contributed by atoms with van der Waals surface area (Å²) in [4.78, 5) is 0. The molecule has 1 heterocycles. The summed E-state index contributed by atoms with van der Waals surface area (Å²) in [5.41, 5.74) is 2.29. The van der Waals surface area contributed by atoms with Gasteiger partial charge < -0.3 is 9.73 Å². The third-order valence-corrected chi connectivity index (χ3v) is 3.19. The van der Waals surface area contributed by atoms with Crippen molar-refractivity contribution in [1.82, 2.24) is 5.32 Å². The van der Waals surface area contributed by atoms with E-state index in [9.17, 15) is 0 Å². The van der Waals surface area contributed by atoms with Gasteiger partial charge >= 0.3 is 0 Å². The van der Waals surface area contributed by atoms with Gasteiger partial charge in [-0.2, -0.15) is 0 Å². The zero-order chi connectivity index (χ0) is 11.7. The minimum absolute atomic E-state index is 0.974. The van der Waals surface area contributed by atoms with Gasteiger partial charge in [0.05, 0.1) is 6.26 Å². The molecule has 0 radical (unpaired) electrons. The topological polar surface area (TPSA) is 25.2 Å². The van der Waals surface area contributed by atoms with Crippen LogP contribution in [0, 0.1) is 0 Å². The van der Waals surface area contributed by atoms with Gasteiger partial charge in [0.2, 0.25) is 0 Å². The van der Waals surface area contributed by atoms with Crippen molar-refractivity contribution in [2.45, 2.75) is 6.42 Å². The Kier molecular flexibility index (Phi) is 2.57. The summed E-state index contributed by atoms with van der Waals surface area (Å²) in [5.74, 6) is 0. The van der Waals surface area contributed by atoms with Crippen LogP contribution in [0.3, 0.4) is 0 Å². The molecule has 0 aliphatic carbocycles. The van der Waals surface area contributed by atoms with Crippen molar-refractivity contribution in [2.24, 2.45) is 0 Å². The third-order valence-electron chi connectivity index (χ3n) is 3.19. The maximum Gasteiger partial charge on any atom is 0.141 e. The highest BCUT2D eigenvalue weighted by Crippen LogP contribution is 2.29. The molecule has 0 saturated carbocycles. The van der Waals surface area contributed by atoms with E-state index in [0.717, 1.165) is 18.5 Å². The number of benzene rings is 2. The monoisotopic (exact) mass is 225 g/mol. The fraction of sp³-hybridized carbons (Fsp3) is 0.200. The summed E-state index contributed by atoms with van der Waals surface area (Å²) < 4.78 is 5.73. The Labute approximate surface area is 100 Å². The van der Waals surface area contributed by atoms with E-state index >= 15 is 0 Å². The van der Waals surface area contributed by atoms with Gasteiger partial charge in [0.15, 0.2) is 0 Å². The van der Waals surface area contributed by atoms with Gasteiger partial charge in [-0.05, 0) is 31.0 Å². The molecule has 0 amide bonds. The Morgan fingerprint density at radius 2 is 1.94 bits per heavy atom. The second kappa shape index (κ2) is 4.22. The van der Waals surface area contributed by atoms with Gasteiger partial charge in [-0.15, -0.1) is 0 Å². The van der Waals surface area contributed by atoms with Crippen LogP contribution in [0.2, 0.25) is 0 Å². The fourth-order valence-electron chi connectivity index (χ4n) is 2.27. The predicted molar refractivity (Wildman–Crippen MR) is 71.4 cm³/mol. The molecule has 2 aromatic carbocycles. The maximum atomic E-state index is 5.73. The van der Waals surface area contributed by atoms with E-state index in [0.29, 0.717) is 0 Å². The van der Waals surface area contributed by atoms with Crippen molar-refractivity contribution >= 4 is 21.7 Å². The average Bonchev–Trinajstić information content (AvgIpc) is 2.80. The zero-order valence-electron chi connectivity index (χ0n) is 9.86. The first-order valence-corrected chi connectivity index (χ1v) is 5.92. The van der Waals surface area contributed by atoms with Crippen LogP contribution in [0.25, 0.3) is 21.7 Å². The standard InChI is InChI=1S/C15H15NO/c1-16-9-8-12-10-17-15-13-5-3-2-4-11(13)6-7-14(12)15/h2-7,10,16H,8-9H2,1H3. The highest BCUT2D eigenvalue weighted by atomic mass is 16.3. The Bertz CT molecular complexity index is 654. The van der Waals surface area contributed by atoms with Gasteiger partial charge in [-0.3, -0.25) is 0 Å². The molecule has 3 rings (SSSR count). The Hall–Kier alpha value is -1.80. The second-order valence-corrected chi connectivity index (χ2v) is 4.28. The molecule has 0 unspecified atom stereocenters. The smallest absolute Gasteiger partial charge is 0.141 e. The lowest BCUT2D eigenvalue weighted by Gasteiger charge is -2.00. The molecule has 86 valence electrons. The number of hydrogen-bond acceptors (Lipinski definition) is 2. The number of fused-ring (bicyclic) bond motifs is 3. The molecule has 0 saturated heterocycles. The summed E-state index contributed by atoms with van der Waals surface area (Å²) in [6.45, 7) is 0.974. The van der Waals surface area contributed by atoms with Crippen LogP contribution in [0.5, 0.6) is 0 Å². The van der Waals surface area contributed by atoms with E-state index in [1.807, 2.05) is 13.3 Å². The van der Waals surface area contributed by atoms with Gasteiger partial charge in [0, 0.05) is 10.8 Å². The van der Waals surface area contributed by atoms with Gasteiger partial charge in [0.25, 0.3) is 0 Å². The van der Waals surface area contributed by atoms with E-state index in [4.69, 9.17) is 4.42 Å². The molecule has 1 N–H and O–H groups in total. The summed E-state index contributed by atoms with van der Waals surface area (Å²) in [7, 11) is 1.97. The molecule has 2 heteroatoms. The fourth-order valence-corrected chi connectivity index (χ4v) is 2.27. The SMILES string of the molecule is CNCCc1coc2c1ccc1ccccc12. The van der Waals surface area contributed by atoms with E-state index in [2.05, 4.69) is 41.7 Å². The lowest BCUT2D eigenvalue weighted by Crippen LogP contribution is -2.09. The molecular formula is C15H15NO. The Morgan fingerprint density at radius 3 is 2.82 bits per heavy atom. The van der Waals surface area contributed by atoms with Crippen LogP contribution in [-0.2, 0) is 6.42 Å². The van der Waals surface area contributed by atoms with Crippen molar-refractivity contribution in [1.29, 1.82) is 0 Å². The molecule has 17 heavy (non-hydrogen) atoms. The summed E-state index contributed by atoms with van der Waals surface area (Å²) >= 11 is 0. The molecule has 0 atom stereocenters. The highest BCUT2D eigenvalue weighted by Gasteiger charge is 2.08. The normalized spacial score (nSPS) is 11.4. The lowest BCUT2D eigenvalue weighted by atomic mass is 10.0. The summed E-state index contributed by atoms with van der Waals surface area (Å²) in [6, 6.07) is 12.7. The van der Waals surface area contributed by atoms with E-state index in [-0.39, 0.29) is 0 Å². The van der Waals surface area contributed by atoms with E-state index in [1.54, 1.807) is 0 Å². The largest absolute Gasteiger partial charge is 0.463 e. The quantitative estimate of drug-likeness (QED) is 0.739. The first-order valence-electron chi connectivity index (χ1n) is 5.92. The Morgan fingerprint density at radius 1 is 1.06 bits per heavy atom.